The van der Waals surface area contributed by atoms with Crippen molar-refractivity contribution in [3.63, 3.8) is 0 Å². The summed E-state index contributed by atoms with van der Waals surface area (Å²) in [6.45, 7) is 4.55. The smallest absolute Gasteiger partial charge is 0.260 e. The highest BCUT2D eigenvalue weighted by molar-refractivity contribution is 7.22. The summed E-state index contributed by atoms with van der Waals surface area (Å²) < 4.78 is 31.0. The van der Waals surface area contributed by atoms with Crippen LogP contribution < -0.4 is 4.90 Å². The molecule has 0 bridgehead atoms. The maximum Gasteiger partial charge on any atom is 0.260 e. The number of thiazole rings is 2. The van der Waals surface area contributed by atoms with E-state index in [0.29, 0.717) is 21.9 Å². The van der Waals surface area contributed by atoms with Gasteiger partial charge in [-0.05, 0) is 44.2 Å². The largest absolute Gasteiger partial charge is 0.282 e. The van der Waals surface area contributed by atoms with Crippen molar-refractivity contribution in [1.82, 2.24) is 19.7 Å². The normalized spacial score (nSPS) is 11.5. The van der Waals surface area contributed by atoms with Crippen molar-refractivity contribution in [2.75, 3.05) is 11.4 Å². The van der Waals surface area contributed by atoms with Gasteiger partial charge in [-0.3, -0.25) is 14.4 Å². The van der Waals surface area contributed by atoms with Crippen LogP contribution in [0.3, 0.4) is 0 Å². The molecule has 0 saturated carbocycles. The third-order valence-corrected chi connectivity index (χ3v) is 6.91. The van der Waals surface area contributed by atoms with E-state index in [9.17, 15) is 13.6 Å². The predicted molar refractivity (Wildman–Crippen MR) is 123 cm³/mol. The quantitative estimate of drug-likeness (QED) is 0.348. The highest BCUT2D eigenvalue weighted by Crippen LogP contribution is 2.32. The van der Waals surface area contributed by atoms with Crippen LogP contribution >= 0.6 is 22.7 Å². The Morgan fingerprint density at radius 1 is 1.12 bits per heavy atom. The van der Waals surface area contributed by atoms with Crippen molar-refractivity contribution in [2.45, 2.75) is 20.4 Å². The number of nitrogens with zero attached hydrogens (tertiary/aromatic N) is 5. The second kappa shape index (κ2) is 8.03. The van der Waals surface area contributed by atoms with Crippen LogP contribution in [0.5, 0.6) is 0 Å². The Balaban J connectivity index is 1.55. The lowest BCUT2D eigenvalue weighted by molar-refractivity contribution is 0.0986. The van der Waals surface area contributed by atoms with Crippen LogP contribution in [0.15, 0.2) is 41.9 Å². The molecule has 0 saturated heterocycles. The van der Waals surface area contributed by atoms with Crippen LogP contribution in [0.1, 0.15) is 21.7 Å². The lowest BCUT2D eigenvalue weighted by Gasteiger charge is -2.20. The average molecular weight is 470 g/mol. The van der Waals surface area contributed by atoms with E-state index in [1.165, 1.54) is 22.3 Å². The first kappa shape index (κ1) is 20.7. The van der Waals surface area contributed by atoms with Crippen molar-refractivity contribution in [1.29, 1.82) is 0 Å². The first-order chi connectivity index (χ1) is 15.4. The number of carbonyl (C=O) groups excluding carboxylic acids is 1. The summed E-state index contributed by atoms with van der Waals surface area (Å²) in [5.74, 6) is -1.71. The highest BCUT2D eigenvalue weighted by atomic mass is 32.1. The minimum Gasteiger partial charge on any atom is -0.282 e. The van der Waals surface area contributed by atoms with Crippen LogP contribution in [-0.4, -0.2) is 32.2 Å². The first-order valence-corrected chi connectivity index (χ1v) is 11.5. The van der Waals surface area contributed by atoms with E-state index in [2.05, 4.69) is 15.1 Å². The van der Waals surface area contributed by atoms with E-state index in [1.807, 2.05) is 24.6 Å². The SMILES string of the molecule is Cc1cc(C)n(CCN(C(=O)c2ccc3ncsc3c2)c2nc3c(F)cc(F)cc3s2)n1. The van der Waals surface area contributed by atoms with Crippen LogP contribution in [0.25, 0.3) is 20.4 Å². The Morgan fingerprint density at radius 3 is 2.75 bits per heavy atom. The standard InChI is InChI=1S/C22H17F2N5OS2/c1-12-7-13(2)29(27-12)6-5-28(21(30)14-3-4-17-18(8-14)31-11-25-17)22-26-20-16(24)9-15(23)10-19(20)32-22/h3-4,7-11H,5-6H2,1-2H3. The maximum atomic E-state index is 14.3. The summed E-state index contributed by atoms with van der Waals surface area (Å²) >= 11 is 2.53. The molecule has 0 N–H and O–H groups in total. The molecule has 0 radical (unpaired) electrons. The number of hydrogen-bond acceptors (Lipinski definition) is 6. The summed E-state index contributed by atoms with van der Waals surface area (Å²) in [6.07, 6.45) is 0. The van der Waals surface area contributed by atoms with Gasteiger partial charge in [0, 0.05) is 23.9 Å². The molecule has 6 nitrogen and oxygen atoms in total. The molecule has 32 heavy (non-hydrogen) atoms. The number of hydrogen-bond donors (Lipinski definition) is 0. The molecule has 10 heteroatoms. The van der Waals surface area contributed by atoms with Gasteiger partial charge in [0.15, 0.2) is 10.9 Å². The number of amides is 1. The van der Waals surface area contributed by atoms with Crippen LogP contribution in [0.4, 0.5) is 13.9 Å². The molecule has 5 rings (SSSR count). The molecule has 162 valence electrons. The number of benzene rings is 2. The van der Waals surface area contributed by atoms with Crippen molar-refractivity contribution in [3.05, 3.63) is 70.5 Å². The molecule has 1 amide bonds. The lowest BCUT2D eigenvalue weighted by Crippen LogP contribution is -2.34. The predicted octanol–water partition coefficient (Wildman–Crippen LogP) is 5.34. The van der Waals surface area contributed by atoms with Gasteiger partial charge in [0.05, 0.1) is 32.7 Å². The summed E-state index contributed by atoms with van der Waals surface area (Å²) in [7, 11) is 0. The minimum atomic E-state index is -0.750. The van der Waals surface area contributed by atoms with Gasteiger partial charge in [-0.25, -0.2) is 18.7 Å². The maximum absolute atomic E-state index is 14.3. The lowest BCUT2D eigenvalue weighted by atomic mass is 10.2. The number of carbonyl (C=O) groups is 1. The molecule has 0 aliphatic heterocycles. The monoisotopic (exact) mass is 469 g/mol. The fourth-order valence-electron chi connectivity index (χ4n) is 3.58. The molecule has 0 spiro atoms. The van der Waals surface area contributed by atoms with Crippen molar-refractivity contribution < 1.29 is 13.6 Å². The topological polar surface area (TPSA) is 63.9 Å². The fourth-order valence-corrected chi connectivity index (χ4v) is 5.33. The van der Waals surface area contributed by atoms with E-state index in [4.69, 9.17) is 0 Å². The van der Waals surface area contributed by atoms with Gasteiger partial charge in [-0.15, -0.1) is 11.3 Å². The van der Waals surface area contributed by atoms with Gasteiger partial charge < -0.3 is 0 Å². The van der Waals surface area contributed by atoms with Gasteiger partial charge in [0.25, 0.3) is 5.91 Å². The molecule has 0 aliphatic rings. The van der Waals surface area contributed by atoms with E-state index in [-0.39, 0.29) is 18.0 Å². The van der Waals surface area contributed by atoms with Crippen LogP contribution in [0.2, 0.25) is 0 Å². The van der Waals surface area contributed by atoms with Crippen molar-refractivity contribution in [3.8, 4) is 0 Å². The zero-order chi connectivity index (χ0) is 22.4. The fraction of sp³-hybridized carbons (Fsp3) is 0.182. The summed E-state index contributed by atoms with van der Waals surface area (Å²) in [5, 5.41) is 4.76. The minimum absolute atomic E-state index is 0.0493. The van der Waals surface area contributed by atoms with Crippen molar-refractivity contribution >= 4 is 54.1 Å². The number of rotatable bonds is 5. The van der Waals surface area contributed by atoms with Gasteiger partial charge >= 0.3 is 0 Å². The molecular weight excluding hydrogens is 452 g/mol. The third-order valence-electron chi connectivity index (χ3n) is 5.09. The van der Waals surface area contributed by atoms with Gasteiger partial charge in [-0.2, -0.15) is 5.10 Å². The average Bonchev–Trinajstić information content (AvgIpc) is 3.46. The van der Waals surface area contributed by atoms with Crippen LogP contribution in [0, 0.1) is 25.5 Å². The molecule has 0 fully saturated rings. The second-order valence-electron chi connectivity index (χ2n) is 7.37. The third kappa shape index (κ3) is 3.76. The number of aromatic nitrogens is 4. The summed E-state index contributed by atoms with van der Waals surface area (Å²) in [4.78, 5) is 23.6. The molecular formula is C22H17F2N5OS2. The van der Waals surface area contributed by atoms with Gasteiger partial charge in [-0.1, -0.05) is 11.3 Å². The van der Waals surface area contributed by atoms with E-state index >= 15 is 0 Å². The number of halogens is 2. The van der Waals surface area contributed by atoms with Gasteiger partial charge in [0.2, 0.25) is 0 Å². The second-order valence-corrected chi connectivity index (χ2v) is 9.27. The molecule has 0 unspecified atom stereocenters. The molecule has 0 atom stereocenters. The van der Waals surface area contributed by atoms with Gasteiger partial charge in [0.1, 0.15) is 11.3 Å². The van der Waals surface area contributed by atoms with Crippen LogP contribution in [-0.2, 0) is 6.54 Å². The summed E-state index contributed by atoms with van der Waals surface area (Å²) in [6, 6.07) is 9.29. The molecule has 5 aromatic rings. The number of aryl methyl sites for hydroxylation is 2. The molecule has 3 heterocycles. The van der Waals surface area contributed by atoms with E-state index in [1.54, 1.807) is 23.7 Å². The Kier molecular flexibility index (Phi) is 5.18. The zero-order valence-electron chi connectivity index (χ0n) is 17.2. The Bertz CT molecular complexity index is 1470. The Morgan fingerprint density at radius 2 is 1.97 bits per heavy atom. The Hall–Kier alpha value is -3.24. The number of fused-ring (bicyclic) bond motifs is 2. The zero-order valence-corrected chi connectivity index (χ0v) is 18.8. The Labute approximate surface area is 189 Å². The molecule has 0 aliphatic carbocycles. The first-order valence-electron chi connectivity index (χ1n) is 9.81. The molecule has 3 aromatic heterocycles. The summed E-state index contributed by atoms with van der Waals surface area (Å²) in [5.41, 5.74) is 4.92. The van der Waals surface area contributed by atoms with E-state index < -0.39 is 11.6 Å². The number of anilines is 1. The van der Waals surface area contributed by atoms with Crippen molar-refractivity contribution in [2.24, 2.45) is 0 Å². The highest BCUT2D eigenvalue weighted by Gasteiger charge is 2.23. The van der Waals surface area contributed by atoms with E-state index in [0.717, 1.165) is 39.0 Å². The molecule has 2 aromatic carbocycles.